The van der Waals surface area contributed by atoms with Crippen LogP contribution in [0.25, 0.3) is 11.3 Å². The maximum atomic E-state index is 13.0. The Morgan fingerprint density at radius 1 is 1.16 bits per heavy atom. The molecule has 0 bridgehead atoms. The van der Waals surface area contributed by atoms with Gasteiger partial charge in [0.2, 0.25) is 0 Å². The molecule has 1 amide bonds. The van der Waals surface area contributed by atoms with Crippen LogP contribution in [0.1, 0.15) is 25.3 Å². The molecule has 0 N–H and O–H groups in total. The molecule has 1 aromatic carbocycles. The average molecular weight is 541 g/mol. The molecule has 0 saturated carbocycles. The smallest absolute Gasteiger partial charge is 0.409 e. The minimum atomic E-state index is -3.28. The van der Waals surface area contributed by atoms with Crippen LogP contribution in [0.4, 0.5) is 18.0 Å². The fraction of sp³-hybridized carbons (Fsp3) is 0.538. The number of pyridine rings is 1. The third-order valence-electron chi connectivity index (χ3n) is 7.38. The number of carbonyl (C=O) groups is 1. The molecule has 1 saturated heterocycles. The van der Waals surface area contributed by atoms with E-state index in [1.807, 2.05) is 13.0 Å². The quantitative estimate of drug-likeness (QED) is 0.487. The van der Waals surface area contributed by atoms with Gasteiger partial charge in [0.25, 0.3) is 0 Å². The zero-order valence-electron chi connectivity index (χ0n) is 20.9. The Morgan fingerprint density at radius 3 is 2.35 bits per heavy atom. The van der Waals surface area contributed by atoms with Crippen LogP contribution in [0.5, 0.6) is 5.75 Å². The largest absolute Gasteiger partial charge is 0.485 e. The van der Waals surface area contributed by atoms with Gasteiger partial charge < -0.3 is 14.4 Å². The number of fused-ring (bicyclic) bond motifs is 1. The van der Waals surface area contributed by atoms with Gasteiger partial charge in [0.1, 0.15) is 38.0 Å². The van der Waals surface area contributed by atoms with Crippen LogP contribution >= 0.6 is 0 Å². The minimum Gasteiger partial charge on any atom is -0.485 e. The van der Waals surface area contributed by atoms with E-state index in [0.717, 1.165) is 23.1 Å². The van der Waals surface area contributed by atoms with Gasteiger partial charge in [0, 0.05) is 42.8 Å². The van der Waals surface area contributed by atoms with Gasteiger partial charge in [-0.2, -0.15) is 0 Å². The van der Waals surface area contributed by atoms with Crippen LogP contribution in [0.15, 0.2) is 41.4 Å². The molecule has 0 spiro atoms. The second kappa shape index (κ2) is 10.5. The first-order valence-corrected chi connectivity index (χ1v) is 14.0. The van der Waals surface area contributed by atoms with Crippen molar-refractivity contribution in [1.29, 1.82) is 0 Å². The molecule has 2 aliphatic heterocycles. The molecule has 3 heterocycles. The summed E-state index contributed by atoms with van der Waals surface area (Å²) < 4.78 is 73.9. The highest BCUT2D eigenvalue weighted by Crippen LogP contribution is 2.43. The van der Waals surface area contributed by atoms with E-state index in [1.165, 1.54) is 4.90 Å². The number of piperidine rings is 1. The van der Waals surface area contributed by atoms with Crippen LogP contribution in [0.2, 0.25) is 0 Å². The molecule has 37 heavy (non-hydrogen) atoms. The molecule has 11 heteroatoms. The molecule has 1 atom stereocenters. The number of rotatable bonds is 8. The minimum absolute atomic E-state index is 0.142. The van der Waals surface area contributed by atoms with Crippen molar-refractivity contribution >= 4 is 15.9 Å². The summed E-state index contributed by atoms with van der Waals surface area (Å²) >= 11 is 0. The highest BCUT2D eigenvalue weighted by atomic mass is 32.2. The van der Waals surface area contributed by atoms with Gasteiger partial charge in [-0.25, -0.2) is 13.2 Å². The Balaban J connectivity index is 1.36. The number of amides is 1. The Kier molecular flexibility index (Phi) is 7.73. The van der Waals surface area contributed by atoms with Crippen molar-refractivity contribution in [3.63, 3.8) is 0 Å². The molecule has 0 unspecified atom stereocenters. The summed E-state index contributed by atoms with van der Waals surface area (Å²) in [5, 5.41) is 0. The molecular weight excluding hydrogens is 509 g/mol. The van der Waals surface area contributed by atoms with Gasteiger partial charge in [0.15, 0.2) is 9.84 Å². The number of benzene rings is 1. The van der Waals surface area contributed by atoms with Crippen LogP contribution in [0, 0.1) is 11.3 Å². The van der Waals surface area contributed by atoms with Crippen molar-refractivity contribution in [1.82, 2.24) is 9.88 Å². The maximum Gasteiger partial charge on any atom is 0.409 e. The van der Waals surface area contributed by atoms with Crippen molar-refractivity contribution in [3.05, 3.63) is 42.1 Å². The van der Waals surface area contributed by atoms with E-state index < -0.39 is 53.6 Å². The van der Waals surface area contributed by atoms with Gasteiger partial charge in [0.05, 0.1) is 22.2 Å². The Bertz CT molecular complexity index is 1220. The summed E-state index contributed by atoms with van der Waals surface area (Å²) in [4.78, 5) is 18.6. The van der Waals surface area contributed by atoms with Gasteiger partial charge >= 0.3 is 6.09 Å². The van der Waals surface area contributed by atoms with Crippen molar-refractivity contribution < 1.29 is 35.9 Å². The number of alkyl halides is 3. The van der Waals surface area contributed by atoms with Gasteiger partial charge in [-0.3, -0.25) is 18.2 Å². The average Bonchev–Trinajstić information content (AvgIpc) is 3.26. The van der Waals surface area contributed by atoms with Crippen molar-refractivity contribution in [2.45, 2.75) is 36.7 Å². The number of hydrogen-bond acceptors (Lipinski definition) is 6. The summed E-state index contributed by atoms with van der Waals surface area (Å²) in [5.41, 5.74) is 0.0997. The molecule has 2 aromatic rings. The van der Waals surface area contributed by atoms with E-state index in [0.29, 0.717) is 38.1 Å². The fourth-order valence-corrected chi connectivity index (χ4v) is 5.47. The lowest BCUT2D eigenvalue weighted by Crippen LogP contribution is -2.48. The first kappa shape index (κ1) is 27.2. The van der Waals surface area contributed by atoms with Gasteiger partial charge in [-0.15, -0.1) is 0 Å². The lowest BCUT2D eigenvalue weighted by atomic mass is 9.79. The SMILES string of the molecule is C[C@@]1(C2CCN(C(=O)OCC(CF)(CF)CF)CC2)Cc2cc(-c3ccc(S(C)(=O)=O)cc3)ncc2O1. The van der Waals surface area contributed by atoms with Crippen LogP contribution in [0.3, 0.4) is 0 Å². The molecule has 1 fully saturated rings. The number of sulfone groups is 1. The van der Waals surface area contributed by atoms with E-state index >= 15 is 0 Å². The molecule has 202 valence electrons. The van der Waals surface area contributed by atoms with Crippen molar-refractivity contribution in [3.8, 4) is 17.0 Å². The lowest BCUT2D eigenvalue weighted by Gasteiger charge is -2.39. The Morgan fingerprint density at radius 2 is 1.78 bits per heavy atom. The summed E-state index contributed by atoms with van der Waals surface area (Å²) in [5.74, 6) is 0.837. The van der Waals surface area contributed by atoms with Crippen molar-refractivity contribution in [2.24, 2.45) is 11.3 Å². The van der Waals surface area contributed by atoms with E-state index in [1.54, 1.807) is 30.5 Å². The molecule has 0 radical (unpaired) electrons. The molecule has 0 aliphatic carbocycles. The molecule has 2 aliphatic rings. The van der Waals surface area contributed by atoms with E-state index in [-0.39, 0.29) is 10.8 Å². The summed E-state index contributed by atoms with van der Waals surface area (Å²) in [6.45, 7) is -1.55. The highest BCUT2D eigenvalue weighted by Gasteiger charge is 2.44. The van der Waals surface area contributed by atoms with Crippen LogP contribution in [-0.2, 0) is 21.0 Å². The second-order valence-electron chi connectivity index (χ2n) is 10.3. The van der Waals surface area contributed by atoms with Crippen molar-refractivity contribution in [2.75, 3.05) is 46.0 Å². The maximum absolute atomic E-state index is 13.0. The first-order chi connectivity index (χ1) is 17.5. The molecular formula is C26H31F3N2O5S. The predicted octanol–water partition coefficient (Wildman–Crippen LogP) is 4.59. The topological polar surface area (TPSA) is 85.8 Å². The third kappa shape index (κ3) is 5.71. The summed E-state index contributed by atoms with van der Waals surface area (Å²) in [6, 6.07) is 8.54. The first-order valence-electron chi connectivity index (χ1n) is 12.1. The number of likely N-dealkylation sites (tertiary alicyclic amines) is 1. The summed E-state index contributed by atoms with van der Waals surface area (Å²) in [6.07, 6.45) is 4.09. The standard InChI is InChI=1S/C26H31F3N2O5S/c1-25(20-7-9-31(10-8-20)24(32)35-17-26(14-27,15-28)16-29)12-19-11-22(30-13-23(19)36-25)18-3-5-21(6-4-18)37(2,33)34/h3-6,11,13,20H,7-10,12,14-17H2,1-2H3/t25-/m0/s1. The van der Waals surface area contributed by atoms with Crippen LogP contribution < -0.4 is 4.74 Å². The van der Waals surface area contributed by atoms with Crippen LogP contribution in [-0.4, -0.2) is 76.0 Å². The monoisotopic (exact) mass is 540 g/mol. The predicted molar refractivity (Wildman–Crippen MR) is 132 cm³/mol. The van der Waals surface area contributed by atoms with Gasteiger partial charge in [-0.05, 0) is 38.0 Å². The fourth-order valence-electron chi connectivity index (χ4n) is 4.84. The molecule has 4 rings (SSSR count). The Labute approximate surface area is 214 Å². The number of halogens is 3. The molecule has 7 nitrogen and oxygen atoms in total. The Hall–Kier alpha value is -2.82. The van der Waals surface area contributed by atoms with E-state index in [2.05, 4.69) is 4.98 Å². The second-order valence-corrected chi connectivity index (χ2v) is 12.3. The normalized spacial score (nSPS) is 20.4. The zero-order chi connectivity index (χ0) is 26.8. The zero-order valence-corrected chi connectivity index (χ0v) is 21.7. The lowest BCUT2D eigenvalue weighted by molar-refractivity contribution is -0.00722. The number of hydrogen-bond donors (Lipinski definition) is 0. The third-order valence-corrected chi connectivity index (χ3v) is 8.51. The van der Waals surface area contributed by atoms with E-state index in [9.17, 15) is 26.4 Å². The van der Waals surface area contributed by atoms with E-state index in [4.69, 9.17) is 9.47 Å². The van der Waals surface area contributed by atoms with Gasteiger partial charge in [-0.1, -0.05) is 12.1 Å². The summed E-state index contributed by atoms with van der Waals surface area (Å²) in [7, 11) is -3.28. The highest BCUT2D eigenvalue weighted by molar-refractivity contribution is 7.90. The number of carbonyl (C=O) groups excluding carboxylic acids is 1. The number of nitrogens with zero attached hydrogens (tertiary/aromatic N) is 2. The number of ether oxygens (including phenoxy) is 2. The molecule has 1 aromatic heterocycles. The number of aromatic nitrogens is 1.